The van der Waals surface area contributed by atoms with Crippen molar-refractivity contribution >= 4 is 40.7 Å². The number of ether oxygens (including phenoxy) is 2. The Morgan fingerprint density at radius 3 is 2.29 bits per heavy atom. The predicted molar refractivity (Wildman–Crippen MR) is 83.7 cm³/mol. The number of carbonyl (C=O) groups is 1. The summed E-state index contributed by atoms with van der Waals surface area (Å²) in [6, 6.07) is 5.41. The van der Waals surface area contributed by atoms with Crippen molar-refractivity contribution < 1.29 is 14.3 Å². The molecule has 0 heterocycles. The predicted octanol–water partition coefficient (Wildman–Crippen LogP) is 3.73. The van der Waals surface area contributed by atoms with Gasteiger partial charge >= 0.3 is 5.91 Å². The van der Waals surface area contributed by atoms with Crippen LogP contribution < -0.4 is 10.1 Å². The van der Waals surface area contributed by atoms with E-state index in [0.29, 0.717) is 0 Å². The van der Waals surface area contributed by atoms with E-state index >= 15 is 0 Å². The third-order valence-corrected chi connectivity index (χ3v) is 3.37. The van der Waals surface area contributed by atoms with Crippen molar-refractivity contribution in [1.82, 2.24) is 5.32 Å². The van der Waals surface area contributed by atoms with Gasteiger partial charge < -0.3 is 9.47 Å². The molecule has 1 rings (SSSR count). The van der Waals surface area contributed by atoms with Crippen LogP contribution in [0.25, 0.3) is 0 Å². The highest BCUT2D eigenvalue weighted by Gasteiger charge is 2.20. The monoisotopic (exact) mass is 349 g/mol. The van der Waals surface area contributed by atoms with E-state index in [1.807, 2.05) is 13.8 Å². The van der Waals surface area contributed by atoms with E-state index in [1.54, 1.807) is 0 Å². The molecule has 4 nitrogen and oxygen atoms in total. The topological polar surface area (TPSA) is 47.6 Å². The summed E-state index contributed by atoms with van der Waals surface area (Å²) in [5, 5.41) is 3.03. The maximum absolute atomic E-state index is 11.8. The first-order valence-electron chi connectivity index (χ1n) is 5.99. The minimum Gasteiger partial charge on any atom is -0.455 e. The molecule has 0 aromatic heterocycles. The Morgan fingerprint density at radius 1 is 1.24 bits per heavy atom. The number of halogens is 3. The fourth-order valence-electron chi connectivity index (χ4n) is 1.23. The molecule has 0 saturated carbocycles. The third-order valence-electron chi connectivity index (χ3n) is 2.18. The Labute approximate surface area is 138 Å². The number of methoxy groups -OCH3 is 1. The third kappa shape index (κ3) is 5.64. The highest BCUT2D eigenvalue weighted by Crippen LogP contribution is 2.34. The van der Waals surface area contributed by atoms with Crippen molar-refractivity contribution in [2.45, 2.75) is 20.1 Å². The van der Waals surface area contributed by atoms with Gasteiger partial charge in [0.25, 0.3) is 6.29 Å². The molecule has 0 radical (unpaired) electrons. The van der Waals surface area contributed by atoms with Crippen molar-refractivity contribution in [1.29, 1.82) is 0 Å². The zero-order chi connectivity index (χ0) is 16.0. The van der Waals surface area contributed by atoms with Crippen LogP contribution in [0.15, 0.2) is 12.1 Å². The molecule has 0 saturated heterocycles. The van der Waals surface area contributed by atoms with Crippen LogP contribution in [0.2, 0.25) is 15.1 Å². The number of hydrogen-bond donors (Lipinski definition) is 1. The molecule has 0 aliphatic carbocycles. The highest BCUT2D eigenvalue weighted by atomic mass is 35.5. The van der Waals surface area contributed by atoms with Gasteiger partial charge in [-0.1, -0.05) is 54.6 Å². The molecule has 114 valence electrons. The number of hydrogen-bond acceptors (Lipinski definition) is 3. The molecule has 21 heavy (non-hydrogen) atoms. The average Bonchev–Trinajstić information content (AvgIpc) is 2.41. The summed E-state index contributed by atoms with van der Waals surface area (Å²) in [7, 11) is 1.33. The van der Waals surface area contributed by atoms with E-state index in [2.05, 4.69) is 17.3 Å². The van der Waals surface area contributed by atoms with E-state index < -0.39 is 12.2 Å². The van der Waals surface area contributed by atoms with E-state index in [9.17, 15) is 4.79 Å². The fraction of sp³-hybridized carbons (Fsp3) is 0.357. The Morgan fingerprint density at radius 2 is 1.81 bits per heavy atom. The summed E-state index contributed by atoms with van der Waals surface area (Å²) in [6.45, 7) is 3.81. The lowest BCUT2D eigenvalue weighted by molar-refractivity contribution is -0.146. The van der Waals surface area contributed by atoms with Crippen LogP contribution in [0.1, 0.15) is 13.8 Å². The van der Waals surface area contributed by atoms with E-state index in [0.717, 1.165) is 0 Å². The summed E-state index contributed by atoms with van der Waals surface area (Å²) in [6.07, 6.45) is -1.18. The molecule has 1 unspecified atom stereocenters. The zero-order valence-corrected chi connectivity index (χ0v) is 13.9. The van der Waals surface area contributed by atoms with Gasteiger partial charge in [-0.2, -0.15) is 0 Å². The highest BCUT2D eigenvalue weighted by molar-refractivity contribution is 6.48. The fourth-order valence-corrected chi connectivity index (χ4v) is 1.81. The first-order chi connectivity index (χ1) is 9.85. The van der Waals surface area contributed by atoms with Gasteiger partial charge in [0.15, 0.2) is 0 Å². The SMILES string of the molecule is COC(Oc1cc(Cl)c(Cl)c(Cl)c1)C(=O)NC#CC(C)C. The number of benzene rings is 1. The van der Waals surface area contributed by atoms with Crippen LogP contribution in [0.3, 0.4) is 0 Å². The van der Waals surface area contributed by atoms with Gasteiger partial charge in [-0.15, -0.1) is 0 Å². The molecular weight excluding hydrogens is 337 g/mol. The summed E-state index contributed by atoms with van der Waals surface area (Å²) in [5.41, 5.74) is 0. The van der Waals surface area contributed by atoms with Crippen LogP contribution in [0.5, 0.6) is 5.75 Å². The normalized spacial score (nSPS) is 11.6. The van der Waals surface area contributed by atoms with Crippen molar-refractivity contribution in [2.24, 2.45) is 5.92 Å². The number of amides is 1. The van der Waals surface area contributed by atoms with Gasteiger partial charge in [-0.05, 0) is 0 Å². The van der Waals surface area contributed by atoms with Gasteiger partial charge in [0.2, 0.25) is 0 Å². The number of nitrogens with one attached hydrogen (secondary N) is 1. The van der Waals surface area contributed by atoms with Crippen LogP contribution in [0, 0.1) is 17.9 Å². The maximum Gasteiger partial charge on any atom is 0.301 e. The zero-order valence-electron chi connectivity index (χ0n) is 11.7. The Hall–Kier alpha value is -1.12. The summed E-state index contributed by atoms with van der Waals surface area (Å²) in [4.78, 5) is 11.8. The molecule has 1 atom stereocenters. The molecule has 1 aromatic rings. The van der Waals surface area contributed by atoms with Gasteiger partial charge in [0, 0.05) is 31.2 Å². The van der Waals surface area contributed by atoms with Gasteiger partial charge in [-0.3, -0.25) is 10.1 Å². The molecule has 0 bridgehead atoms. The second-order valence-electron chi connectivity index (χ2n) is 4.30. The minimum absolute atomic E-state index is 0.140. The molecule has 0 aliphatic heterocycles. The number of rotatable bonds is 4. The lowest BCUT2D eigenvalue weighted by Gasteiger charge is -2.16. The Bertz CT molecular complexity index is 556. The van der Waals surface area contributed by atoms with E-state index in [1.165, 1.54) is 19.2 Å². The lowest BCUT2D eigenvalue weighted by Crippen LogP contribution is -2.37. The van der Waals surface area contributed by atoms with Crippen LogP contribution >= 0.6 is 34.8 Å². The van der Waals surface area contributed by atoms with Gasteiger partial charge in [-0.25, -0.2) is 0 Å². The molecule has 1 aromatic carbocycles. The minimum atomic E-state index is -1.18. The second kappa shape index (κ2) is 8.35. The molecule has 7 heteroatoms. The van der Waals surface area contributed by atoms with Crippen LogP contribution in [-0.4, -0.2) is 19.3 Å². The maximum atomic E-state index is 11.8. The first-order valence-corrected chi connectivity index (χ1v) is 7.13. The summed E-state index contributed by atoms with van der Waals surface area (Å²) in [5.74, 6) is 2.66. The van der Waals surface area contributed by atoms with Crippen LogP contribution in [-0.2, 0) is 9.53 Å². The molecule has 0 aliphatic rings. The smallest absolute Gasteiger partial charge is 0.301 e. The average molecular weight is 351 g/mol. The second-order valence-corrected chi connectivity index (χ2v) is 5.49. The molecule has 1 amide bonds. The molecule has 0 spiro atoms. The Balaban J connectivity index is 2.79. The van der Waals surface area contributed by atoms with Gasteiger partial charge in [0.05, 0.1) is 15.1 Å². The number of carbonyl (C=O) groups excluding carboxylic acids is 1. The van der Waals surface area contributed by atoms with Crippen molar-refractivity contribution in [3.8, 4) is 17.7 Å². The van der Waals surface area contributed by atoms with Crippen molar-refractivity contribution in [3.63, 3.8) is 0 Å². The van der Waals surface area contributed by atoms with Crippen molar-refractivity contribution in [2.75, 3.05) is 7.11 Å². The standard InChI is InChI=1S/C14H14Cl3NO3/c1-8(2)4-5-18-13(19)14(20-3)21-9-6-10(15)12(17)11(16)7-9/h6-8,14H,1-3H3,(H,18,19). The first kappa shape index (κ1) is 17.9. The van der Waals surface area contributed by atoms with Crippen LogP contribution in [0.4, 0.5) is 0 Å². The summed E-state index contributed by atoms with van der Waals surface area (Å²) >= 11 is 17.6. The lowest BCUT2D eigenvalue weighted by atomic mass is 10.2. The quantitative estimate of drug-likeness (QED) is 0.389. The largest absolute Gasteiger partial charge is 0.455 e. The van der Waals surface area contributed by atoms with Gasteiger partial charge in [0.1, 0.15) is 5.75 Å². The molecular formula is C14H14Cl3NO3. The summed E-state index contributed by atoms with van der Waals surface area (Å²) < 4.78 is 10.3. The van der Waals surface area contributed by atoms with Crippen molar-refractivity contribution in [3.05, 3.63) is 27.2 Å². The molecule has 0 fully saturated rings. The van der Waals surface area contributed by atoms with E-state index in [-0.39, 0.29) is 26.7 Å². The Kier molecular flexibility index (Phi) is 7.13. The molecule has 1 N–H and O–H groups in total. The van der Waals surface area contributed by atoms with E-state index in [4.69, 9.17) is 44.3 Å².